The lowest BCUT2D eigenvalue weighted by Crippen LogP contribution is -2.33. The SMILES string of the molecule is CCC(O)C1CCC(C(=O)OC2=CC=C(OC(O)C3CCC(C(O)CC)CC3)C(SC(C)C3CC4C=C(C)C=CC4S3)C2)CC1. The lowest BCUT2D eigenvalue weighted by molar-refractivity contribution is -0.146. The largest absolute Gasteiger partial charge is 0.468 e. The molecule has 4 aliphatic carbocycles. The van der Waals surface area contributed by atoms with Crippen LogP contribution in [-0.4, -0.2) is 60.8 Å². The van der Waals surface area contributed by atoms with Gasteiger partial charge in [-0.3, -0.25) is 4.79 Å². The first-order valence-electron chi connectivity index (χ1n) is 17.7. The summed E-state index contributed by atoms with van der Waals surface area (Å²) in [6.45, 7) is 8.52. The summed E-state index contributed by atoms with van der Waals surface area (Å²) in [4.78, 5) is 13.2. The van der Waals surface area contributed by atoms with Gasteiger partial charge in [0.25, 0.3) is 0 Å². The van der Waals surface area contributed by atoms with E-state index in [1.807, 2.05) is 37.8 Å². The number of allylic oxidation sites excluding steroid dienone is 6. The average Bonchev–Trinajstić information content (AvgIpc) is 3.48. The third-order valence-electron chi connectivity index (χ3n) is 11.1. The summed E-state index contributed by atoms with van der Waals surface area (Å²) in [5.41, 5.74) is 1.35. The second kappa shape index (κ2) is 16.3. The zero-order valence-electron chi connectivity index (χ0n) is 27.7. The van der Waals surface area contributed by atoms with Gasteiger partial charge in [-0.2, -0.15) is 0 Å². The third-order valence-corrected chi connectivity index (χ3v) is 14.5. The fourth-order valence-corrected chi connectivity index (χ4v) is 11.2. The quantitative estimate of drug-likeness (QED) is 0.145. The molecule has 6 nitrogen and oxygen atoms in total. The number of fused-ring (bicyclic) bond motifs is 1. The van der Waals surface area contributed by atoms with Crippen molar-refractivity contribution >= 4 is 29.5 Å². The molecule has 8 heteroatoms. The highest BCUT2D eigenvalue weighted by Gasteiger charge is 2.39. The number of aliphatic hydroxyl groups excluding tert-OH is 3. The van der Waals surface area contributed by atoms with Gasteiger partial charge in [0.05, 0.1) is 23.4 Å². The molecular formula is C37H56O6S2. The van der Waals surface area contributed by atoms with E-state index in [0.717, 1.165) is 76.4 Å². The van der Waals surface area contributed by atoms with Crippen LogP contribution in [0.4, 0.5) is 0 Å². The molecule has 0 radical (unpaired) electrons. The Morgan fingerprint density at radius 2 is 1.58 bits per heavy atom. The van der Waals surface area contributed by atoms with Crippen molar-refractivity contribution in [3.05, 3.63) is 47.5 Å². The molecule has 0 aromatic rings. The van der Waals surface area contributed by atoms with Gasteiger partial charge in [0.15, 0.2) is 6.29 Å². The van der Waals surface area contributed by atoms with Gasteiger partial charge in [-0.15, -0.1) is 23.5 Å². The topological polar surface area (TPSA) is 96.2 Å². The van der Waals surface area contributed by atoms with Crippen LogP contribution in [0.1, 0.15) is 105 Å². The number of hydrogen-bond donors (Lipinski definition) is 3. The first-order valence-corrected chi connectivity index (χ1v) is 19.5. The molecule has 3 fully saturated rings. The molecule has 0 aromatic carbocycles. The molecule has 5 rings (SSSR count). The van der Waals surface area contributed by atoms with E-state index in [-0.39, 0.29) is 41.2 Å². The van der Waals surface area contributed by atoms with Crippen molar-refractivity contribution in [2.75, 3.05) is 0 Å². The Bertz CT molecular complexity index is 1120. The summed E-state index contributed by atoms with van der Waals surface area (Å²) in [6, 6.07) is 0. The van der Waals surface area contributed by atoms with Gasteiger partial charge in [-0.1, -0.05) is 44.6 Å². The molecule has 0 aromatic heterocycles. The van der Waals surface area contributed by atoms with Crippen molar-refractivity contribution in [1.82, 2.24) is 0 Å². The maximum atomic E-state index is 13.2. The molecule has 0 bridgehead atoms. The van der Waals surface area contributed by atoms with Crippen molar-refractivity contribution in [2.24, 2.45) is 29.6 Å². The van der Waals surface area contributed by atoms with E-state index in [1.165, 1.54) is 5.57 Å². The molecule has 45 heavy (non-hydrogen) atoms. The number of aliphatic hydroxyl groups is 3. The van der Waals surface area contributed by atoms with Crippen LogP contribution in [0.25, 0.3) is 0 Å². The van der Waals surface area contributed by atoms with E-state index in [1.54, 1.807) is 0 Å². The first-order chi connectivity index (χ1) is 21.6. The Morgan fingerprint density at radius 3 is 2.22 bits per heavy atom. The Balaban J connectivity index is 1.22. The number of esters is 1. The summed E-state index contributed by atoms with van der Waals surface area (Å²) in [5, 5.41) is 33.1. The molecule has 0 amide bonds. The minimum Gasteiger partial charge on any atom is -0.468 e. The zero-order chi connectivity index (χ0) is 32.1. The summed E-state index contributed by atoms with van der Waals surface area (Å²) in [5.74, 6) is 2.38. The number of rotatable bonds is 12. The normalized spacial score (nSPS) is 36.1. The lowest BCUT2D eigenvalue weighted by atomic mass is 9.78. The number of hydrogen-bond acceptors (Lipinski definition) is 8. The summed E-state index contributed by atoms with van der Waals surface area (Å²) in [7, 11) is 0. The maximum Gasteiger partial charge on any atom is 0.314 e. The maximum absolute atomic E-state index is 13.2. The highest BCUT2D eigenvalue weighted by molar-refractivity contribution is 8.04. The van der Waals surface area contributed by atoms with Crippen molar-refractivity contribution in [2.45, 2.75) is 144 Å². The molecule has 1 heterocycles. The molecule has 5 aliphatic rings. The lowest BCUT2D eigenvalue weighted by Gasteiger charge is -2.35. The zero-order valence-corrected chi connectivity index (χ0v) is 29.3. The third kappa shape index (κ3) is 9.04. The van der Waals surface area contributed by atoms with Gasteiger partial charge in [-0.05, 0) is 107 Å². The Hall–Kier alpha value is -1.19. The summed E-state index contributed by atoms with van der Waals surface area (Å²) in [6.07, 6.45) is 19.4. The van der Waals surface area contributed by atoms with Crippen LogP contribution >= 0.6 is 23.5 Å². The average molecular weight is 661 g/mol. The summed E-state index contributed by atoms with van der Waals surface area (Å²) >= 11 is 3.95. The van der Waals surface area contributed by atoms with E-state index in [0.29, 0.717) is 39.8 Å². The minimum atomic E-state index is -0.887. The fraction of sp³-hybridized carbons (Fsp3) is 0.757. The van der Waals surface area contributed by atoms with Gasteiger partial charge in [-0.25, -0.2) is 0 Å². The van der Waals surface area contributed by atoms with E-state index in [2.05, 4.69) is 43.8 Å². The van der Waals surface area contributed by atoms with Crippen molar-refractivity contribution in [3.63, 3.8) is 0 Å². The van der Waals surface area contributed by atoms with E-state index < -0.39 is 6.29 Å². The molecule has 8 unspecified atom stereocenters. The molecule has 2 saturated carbocycles. The summed E-state index contributed by atoms with van der Waals surface area (Å²) < 4.78 is 12.4. The Morgan fingerprint density at radius 1 is 0.956 bits per heavy atom. The molecular weight excluding hydrogens is 605 g/mol. The molecule has 252 valence electrons. The predicted molar refractivity (Wildman–Crippen MR) is 184 cm³/mol. The van der Waals surface area contributed by atoms with Gasteiger partial charge < -0.3 is 24.8 Å². The van der Waals surface area contributed by atoms with E-state index in [4.69, 9.17) is 9.47 Å². The van der Waals surface area contributed by atoms with Crippen molar-refractivity contribution in [3.8, 4) is 0 Å². The van der Waals surface area contributed by atoms with Crippen LogP contribution in [0.15, 0.2) is 47.5 Å². The minimum absolute atomic E-state index is 0.0489. The molecule has 3 N–H and O–H groups in total. The predicted octanol–water partition coefficient (Wildman–Crippen LogP) is 7.69. The number of ether oxygens (including phenoxy) is 2. The first kappa shape index (κ1) is 35.1. The van der Waals surface area contributed by atoms with Crippen LogP contribution in [0.5, 0.6) is 0 Å². The fourth-order valence-electron chi connectivity index (χ4n) is 8.01. The molecule has 1 aliphatic heterocycles. The van der Waals surface area contributed by atoms with E-state index >= 15 is 0 Å². The van der Waals surface area contributed by atoms with Gasteiger partial charge in [0.1, 0.15) is 11.5 Å². The van der Waals surface area contributed by atoms with Gasteiger partial charge in [0.2, 0.25) is 0 Å². The molecule has 0 spiro atoms. The number of carbonyl (C=O) groups is 1. The van der Waals surface area contributed by atoms with Gasteiger partial charge >= 0.3 is 5.97 Å². The highest BCUT2D eigenvalue weighted by atomic mass is 32.2. The standard InChI is InChI=1S/C37H56O6S2/c1-5-30(38)24-8-12-26(13-9-24)36(40)42-29-16-17-32(43-37(41)27-14-10-25(11-15-27)31(39)6-2)35(21-29)44-23(4)34-20-28-19-22(3)7-18-33(28)45-34/h7,16-19,23-28,30-31,33-35,37-39,41H,5-6,8-15,20-21H2,1-4H3. The Kier molecular flexibility index (Phi) is 12.7. The smallest absolute Gasteiger partial charge is 0.314 e. The van der Waals surface area contributed by atoms with Crippen LogP contribution < -0.4 is 0 Å². The van der Waals surface area contributed by atoms with Crippen LogP contribution in [0.2, 0.25) is 0 Å². The molecule has 8 atom stereocenters. The van der Waals surface area contributed by atoms with Gasteiger partial charge in [0, 0.05) is 28.1 Å². The van der Waals surface area contributed by atoms with Crippen molar-refractivity contribution in [1.29, 1.82) is 0 Å². The monoisotopic (exact) mass is 660 g/mol. The highest BCUT2D eigenvalue weighted by Crippen LogP contribution is 2.48. The second-order valence-electron chi connectivity index (χ2n) is 14.2. The van der Waals surface area contributed by atoms with Crippen LogP contribution in [0.3, 0.4) is 0 Å². The molecule has 1 saturated heterocycles. The number of carbonyl (C=O) groups excluding carboxylic acids is 1. The van der Waals surface area contributed by atoms with E-state index in [9.17, 15) is 20.1 Å². The number of thioether (sulfide) groups is 2. The second-order valence-corrected chi connectivity index (χ2v) is 17.2. The van der Waals surface area contributed by atoms with Crippen LogP contribution in [-0.2, 0) is 14.3 Å². The Labute approximate surface area is 279 Å². The van der Waals surface area contributed by atoms with Crippen molar-refractivity contribution < 1.29 is 29.6 Å². The van der Waals surface area contributed by atoms with Crippen LogP contribution in [0, 0.1) is 29.6 Å².